The molecule has 16 heavy (non-hydrogen) atoms. The SMILES string of the molecule is CN(CCOCC1CC1)CC(Br)C(F)(F)F. The Morgan fingerprint density at radius 1 is 1.44 bits per heavy atom. The maximum Gasteiger partial charge on any atom is 0.402 e. The van der Waals surface area contributed by atoms with Crippen molar-refractivity contribution in [3.63, 3.8) is 0 Å². The van der Waals surface area contributed by atoms with Crippen LogP contribution in [0, 0.1) is 5.92 Å². The van der Waals surface area contributed by atoms with Gasteiger partial charge in [-0.1, -0.05) is 15.9 Å². The molecule has 0 N–H and O–H groups in total. The van der Waals surface area contributed by atoms with Gasteiger partial charge in [-0.3, -0.25) is 0 Å². The molecule has 0 radical (unpaired) electrons. The van der Waals surface area contributed by atoms with Gasteiger partial charge in [0.15, 0.2) is 0 Å². The fourth-order valence-corrected chi connectivity index (χ4v) is 1.72. The molecule has 1 fully saturated rings. The predicted molar refractivity (Wildman–Crippen MR) is 59.8 cm³/mol. The summed E-state index contributed by atoms with van der Waals surface area (Å²) < 4.78 is 42.0. The molecule has 1 rings (SSSR count). The molecule has 0 aromatic heterocycles. The Balaban J connectivity index is 2.02. The summed E-state index contributed by atoms with van der Waals surface area (Å²) in [5.41, 5.74) is 0. The number of ether oxygens (including phenoxy) is 1. The maximum atomic E-state index is 12.2. The Morgan fingerprint density at radius 2 is 2.06 bits per heavy atom. The Hall–Kier alpha value is 0.190. The van der Waals surface area contributed by atoms with E-state index in [-0.39, 0.29) is 6.54 Å². The molecule has 6 heteroatoms. The van der Waals surface area contributed by atoms with Gasteiger partial charge in [0.1, 0.15) is 4.83 Å². The molecule has 0 aromatic rings. The lowest BCUT2D eigenvalue weighted by atomic mass is 10.4. The van der Waals surface area contributed by atoms with Gasteiger partial charge in [-0.25, -0.2) is 0 Å². The van der Waals surface area contributed by atoms with Crippen molar-refractivity contribution in [2.75, 3.05) is 33.4 Å². The topological polar surface area (TPSA) is 12.5 Å². The maximum absolute atomic E-state index is 12.2. The minimum Gasteiger partial charge on any atom is -0.380 e. The third-order valence-electron chi connectivity index (χ3n) is 2.49. The molecular formula is C10H17BrF3NO. The van der Waals surface area contributed by atoms with E-state index in [9.17, 15) is 13.2 Å². The van der Waals surface area contributed by atoms with E-state index in [1.54, 1.807) is 11.9 Å². The Kier molecular flexibility index (Phi) is 5.53. The van der Waals surface area contributed by atoms with Gasteiger partial charge in [0.05, 0.1) is 6.61 Å². The zero-order chi connectivity index (χ0) is 12.2. The van der Waals surface area contributed by atoms with Crippen LogP contribution < -0.4 is 0 Å². The molecule has 2 nitrogen and oxygen atoms in total. The first-order valence-corrected chi connectivity index (χ1v) is 6.28. The van der Waals surface area contributed by atoms with Crippen LogP contribution >= 0.6 is 15.9 Å². The van der Waals surface area contributed by atoms with Crippen molar-refractivity contribution in [3.8, 4) is 0 Å². The van der Waals surface area contributed by atoms with Crippen LogP contribution in [0.3, 0.4) is 0 Å². The van der Waals surface area contributed by atoms with E-state index >= 15 is 0 Å². The largest absolute Gasteiger partial charge is 0.402 e. The van der Waals surface area contributed by atoms with Crippen LogP contribution in [-0.4, -0.2) is 49.3 Å². The normalized spacial score (nSPS) is 19.1. The highest BCUT2D eigenvalue weighted by Gasteiger charge is 2.38. The van der Waals surface area contributed by atoms with E-state index in [1.165, 1.54) is 12.8 Å². The summed E-state index contributed by atoms with van der Waals surface area (Å²) in [4.78, 5) is 0.160. The molecule has 0 aliphatic heterocycles. The number of hydrogen-bond acceptors (Lipinski definition) is 2. The lowest BCUT2D eigenvalue weighted by Crippen LogP contribution is -2.36. The lowest BCUT2D eigenvalue weighted by Gasteiger charge is -2.21. The standard InChI is InChI=1S/C10H17BrF3NO/c1-15(6-9(11)10(12,13)14)4-5-16-7-8-2-3-8/h8-9H,2-7H2,1H3. The van der Waals surface area contributed by atoms with E-state index in [2.05, 4.69) is 15.9 Å². The summed E-state index contributed by atoms with van der Waals surface area (Å²) >= 11 is 2.63. The van der Waals surface area contributed by atoms with Crippen LogP contribution in [0.4, 0.5) is 13.2 Å². The fourth-order valence-electron chi connectivity index (χ4n) is 1.22. The highest BCUT2D eigenvalue weighted by Crippen LogP contribution is 2.29. The highest BCUT2D eigenvalue weighted by atomic mass is 79.9. The third-order valence-corrected chi connectivity index (χ3v) is 3.30. The molecule has 1 aliphatic rings. The Bertz CT molecular complexity index is 209. The molecule has 1 aliphatic carbocycles. The number of rotatable bonds is 7. The summed E-state index contributed by atoms with van der Waals surface area (Å²) in [6.07, 6.45) is -1.72. The second-order valence-electron chi connectivity index (χ2n) is 4.29. The van der Waals surface area contributed by atoms with Crippen LogP contribution in [0.1, 0.15) is 12.8 Å². The quantitative estimate of drug-likeness (QED) is 0.530. The Labute approximate surface area is 102 Å². The molecule has 0 heterocycles. The van der Waals surface area contributed by atoms with E-state index < -0.39 is 11.0 Å². The van der Waals surface area contributed by atoms with Gasteiger partial charge >= 0.3 is 6.18 Å². The average molecular weight is 304 g/mol. The van der Waals surface area contributed by atoms with Crippen molar-refractivity contribution >= 4 is 15.9 Å². The van der Waals surface area contributed by atoms with Crippen LogP contribution in [0.2, 0.25) is 0 Å². The molecule has 0 amide bonds. The van der Waals surface area contributed by atoms with Gasteiger partial charge in [0, 0.05) is 19.7 Å². The molecule has 0 aromatic carbocycles. The van der Waals surface area contributed by atoms with Crippen LogP contribution in [-0.2, 0) is 4.74 Å². The monoisotopic (exact) mass is 303 g/mol. The van der Waals surface area contributed by atoms with E-state index in [4.69, 9.17) is 4.74 Å². The molecule has 1 unspecified atom stereocenters. The molecule has 1 atom stereocenters. The Morgan fingerprint density at radius 3 is 2.56 bits per heavy atom. The summed E-state index contributed by atoms with van der Waals surface area (Å²) in [6, 6.07) is 0. The first-order valence-electron chi connectivity index (χ1n) is 5.36. The van der Waals surface area contributed by atoms with Crippen molar-refractivity contribution in [1.82, 2.24) is 4.90 Å². The second-order valence-corrected chi connectivity index (χ2v) is 5.40. The summed E-state index contributed by atoms with van der Waals surface area (Å²) in [5.74, 6) is 0.699. The van der Waals surface area contributed by atoms with Crippen molar-refractivity contribution in [1.29, 1.82) is 0 Å². The zero-order valence-electron chi connectivity index (χ0n) is 9.26. The summed E-state index contributed by atoms with van der Waals surface area (Å²) in [6.45, 7) is 1.75. The minimum atomic E-state index is -4.18. The van der Waals surface area contributed by atoms with Gasteiger partial charge in [0.2, 0.25) is 0 Å². The number of alkyl halides is 4. The molecule has 96 valence electrons. The zero-order valence-corrected chi connectivity index (χ0v) is 10.9. The van der Waals surface area contributed by atoms with Crippen molar-refractivity contribution in [2.45, 2.75) is 23.8 Å². The number of halogens is 4. The highest BCUT2D eigenvalue weighted by molar-refractivity contribution is 9.09. The first kappa shape index (κ1) is 14.3. The van der Waals surface area contributed by atoms with Gasteiger partial charge < -0.3 is 9.64 Å². The number of likely N-dealkylation sites (N-methyl/N-ethyl adjacent to an activating group) is 1. The summed E-state index contributed by atoms with van der Waals surface area (Å²) in [7, 11) is 1.67. The third kappa shape index (κ3) is 6.06. The van der Waals surface area contributed by atoms with Crippen molar-refractivity contribution < 1.29 is 17.9 Å². The molecule has 0 saturated heterocycles. The molecule has 1 saturated carbocycles. The van der Waals surface area contributed by atoms with E-state index in [1.807, 2.05) is 0 Å². The smallest absolute Gasteiger partial charge is 0.380 e. The van der Waals surface area contributed by atoms with Crippen LogP contribution in [0.5, 0.6) is 0 Å². The van der Waals surface area contributed by atoms with Crippen molar-refractivity contribution in [2.24, 2.45) is 5.92 Å². The fraction of sp³-hybridized carbons (Fsp3) is 1.00. The van der Waals surface area contributed by atoms with Crippen LogP contribution in [0.15, 0.2) is 0 Å². The molecule has 0 spiro atoms. The van der Waals surface area contributed by atoms with Gasteiger partial charge in [-0.2, -0.15) is 13.2 Å². The van der Waals surface area contributed by atoms with E-state index in [0.717, 1.165) is 6.61 Å². The predicted octanol–water partition coefficient (Wildman–Crippen LogP) is 2.67. The molecule has 0 bridgehead atoms. The van der Waals surface area contributed by atoms with Crippen molar-refractivity contribution in [3.05, 3.63) is 0 Å². The lowest BCUT2D eigenvalue weighted by molar-refractivity contribution is -0.130. The number of nitrogens with zero attached hydrogens (tertiary/aromatic N) is 1. The summed E-state index contributed by atoms with van der Waals surface area (Å²) in [5, 5.41) is 0. The van der Waals surface area contributed by atoms with Gasteiger partial charge in [-0.05, 0) is 25.8 Å². The van der Waals surface area contributed by atoms with Crippen LogP contribution in [0.25, 0.3) is 0 Å². The van der Waals surface area contributed by atoms with Gasteiger partial charge in [0.25, 0.3) is 0 Å². The second kappa shape index (κ2) is 6.21. The molecular weight excluding hydrogens is 287 g/mol. The van der Waals surface area contributed by atoms with Gasteiger partial charge in [-0.15, -0.1) is 0 Å². The van der Waals surface area contributed by atoms with E-state index in [0.29, 0.717) is 19.1 Å². The average Bonchev–Trinajstić information content (AvgIpc) is 2.94. The minimum absolute atomic E-state index is 0.0453. The number of hydrogen-bond donors (Lipinski definition) is 0. The first-order chi connectivity index (χ1) is 7.39.